The molecule has 2 aliphatic carbocycles. The van der Waals surface area contributed by atoms with Gasteiger partial charge < -0.3 is 5.32 Å². The summed E-state index contributed by atoms with van der Waals surface area (Å²) >= 11 is 0. The van der Waals surface area contributed by atoms with Crippen molar-refractivity contribution < 1.29 is 4.79 Å². The SMILES string of the molecule is Cc1ncc(C)c(NC(=O)C2(C3CCCCC3)CC2)n1. The molecule has 2 aliphatic rings. The van der Waals surface area contributed by atoms with Crippen LogP contribution in [0.5, 0.6) is 0 Å². The first-order valence-electron chi connectivity index (χ1n) is 7.73. The molecule has 108 valence electrons. The van der Waals surface area contributed by atoms with Crippen molar-refractivity contribution in [2.45, 2.75) is 58.8 Å². The Morgan fingerprint density at radius 2 is 1.95 bits per heavy atom. The molecule has 1 aromatic rings. The predicted octanol–water partition coefficient (Wildman–Crippen LogP) is 3.39. The lowest BCUT2D eigenvalue weighted by Gasteiger charge is -2.29. The van der Waals surface area contributed by atoms with Crippen molar-refractivity contribution in [3.05, 3.63) is 17.6 Å². The van der Waals surface area contributed by atoms with Gasteiger partial charge in [-0.25, -0.2) is 9.97 Å². The zero-order chi connectivity index (χ0) is 14.2. The van der Waals surface area contributed by atoms with Gasteiger partial charge in [-0.1, -0.05) is 19.3 Å². The van der Waals surface area contributed by atoms with Crippen LogP contribution in [0.15, 0.2) is 6.20 Å². The monoisotopic (exact) mass is 273 g/mol. The van der Waals surface area contributed by atoms with Gasteiger partial charge in [0.25, 0.3) is 0 Å². The number of carbonyl (C=O) groups excluding carboxylic acids is 1. The molecule has 2 fully saturated rings. The van der Waals surface area contributed by atoms with Crippen LogP contribution < -0.4 is 5.32 Å². The van der Waals surface area contributed by atoms with E-state index < -0.39 is 0 Å². The van der Waals surface area contributed by atoms with Crippen LogP contribution in [-0.4, -0.2) is 15.9 Å². The third kappa shape index (κ3) is 2.43. The normalized spacial score (nSPS) is 21.5. The second-order valence-electron chi connectivity index (χ2n) is 6.39. The Bertz CT molecular complexity index is 516. The molecule has 4 nitrogen and oxygen atoms in total. The van der Waals surface area contributed by atoms with E-state index in [9.17, 15) is 4.79 Å². The van der Waals surface area contributed by atoms with Crippen molar-refractivity contribution in [3.63, 3.8) is 0 Å². The quantitative estimate of drug-likeness (QED) is 0.918. The van der Waals surface area contributed by atoms with Gasteiger partial charge in [0.2, 0.25) is 5.91 Å². The van der Waals surface area contributed by atoms with E-state index in [4.69, 9.17) is 0 Å². The van der Waals surface area contributed by atoms with Crippen LogP contribution in [-0.2, 0) is 4.79 Å². The third-order valence-electron chi connectivity index (χ3n) is 4.95. The number of hydrogen-bond acceptors (Lipinski definition) is 3. The molecule has 0 spiro atoms. The van der Waals surface area contributed by atoms with E-state index in [1.807, 2.05) is 13.8 Å². The van der Waals surface area contributed by atoms with Crippen molar-refractivity contribution >= 4 is 11.7 Å². The van der Waals surface area contributed by atoms with Crippen LogP contribution in [0.1, 0.15) is 56.3 Å². The molecule has 3 rings (SSSR count). The summed E-state index contributed by atoms with van der Waals surface area (Å²) in [5.74, 6) is 2.16. The zero-order valence-electron chi connectivity index (χ0n) is 12.4. The molecule has 2 saturated carbocycles. The Labute approximate surface area is 120 Å². The molecule has 0 bridgehead atoms. The highest BCUT2D eigenvalue weighted by Crippen LogP contribution is 2.56. The van der Waals surface area contributed by atoms with Crippen LogP contribution in [0.25, 0.3) is 0 Å². The van der Waals surface area contributed by atoms with E-state index in [1.165, 1.54) is 32.1 Å². The number of nitrogens with one attached hydrogen (secondary N) is 1. The molecule has 0 atom stereocenters. The summed E-state index contributed by atoms with van der Waals surface area (Å²) in [6, 6.07) is 0. The maximum atomic E-state index is 12.7. The van der Waals surface area contributed by atoms with Gasteiger partial charge >= 0.3 is 0 Å². The van der Waals surface area contributed by atoms with Gasteiger partial charge in [-0.3, -0.25) is 4.79 Å². The Morgan fingerprint density at radius 1 is 1.25 bits per heavy atom. The number of hydrogen-bond donors (Lipinski definition) is 1. The fraction of sp³-hybridized carbons (Fsp3) is 0.688. The highest BCUT2D eigenvalue weighted by molar-refractivity contribution is 5.97. The van der Waals surface area contributed by atoms with Gasteiger partial charge in [0.1, 0.15) is 11.6 Å². The first kappa shape index (κ1) is 13.5. The molecule has 1 heterocycles. The summed E-state index contributed by atoms with van der Waals surface area (Å²) in [4.78, 5) is 21.2. The molecule has 1 amide bonds. The molecule has 0 radical (unpaired) electrons. The second-order valence-corrected chi connectivity index (χ2v) is 6.39. The summed E-state index contributed by atoms with van der Waals surface area (Å²) in [7, 11) is 0. The number of carbonyl (C=O) groups is 1. The average Bonchev–Trinajstić information content (AvgIpc) is 3.25. The fourth-order valence-electron chi connectivity index (χ4n) is 3.50. The van der Waals surface area contributed by atoms with E-state index in [-0.39, 0.29) is 11.3 Å². The highest BCUT2D eigenvalue weighted by Gasteiger charge is 2.55. The third-order valence-corrected chi connectivity index (χ3v) is 4.95. The molecular formula is C16H23N3O. The average molecular weight is 273 g/mol. The van der Waals surface area contributed by atoms with Gasteiger partial charge in [-0.05, 0) is 45.4 Å². The summed E-state index contributed by atoms with van der Waals surface area (Å²) in [5.41, 5.74) is 0.842. The molecular weight excluding hydrogens is 250 g/mol. The molecule has 20 heavy (non-hydrogen) atoms. The Morgan fingerprint density at radius 3 is 2.60 bits per heavy atom. The lowest BCUT2D eigenvalue weighted by molar-refractivity contribution is -0.123. The molecule has 1 N–H and O–H groups in total. The van der Waals surface area contributed by atoms with E-state index in [2.05, 4.69) is 15.3 Å². The molecule has 0 aliphatic heterocycles. The van der Waals surface area contributed by atoms with Crippen LogP contribution in [0.4, 0.5) is 5.82 Å². The highest BCUT2D eigenvalue weighted by atomic mass is 16.2. The molecule has 0 saturated heterocycles. The van der Waals surface area contributed by atoms with E-state index >= 15 is 0 Å². The van der Waals surface area contributed by atoms with E-state index in [0.29, 0.717) is 17.6 Å². The van der Waals surface area contributed by atoms with Crippen molar-refractivity contribution in [1.82, 2.24) is 9.97 Å². The number of nitrogens with zero attached hydrogens (tertiary/aromatic N) is 2. The van der Waals surface area contributed by atoms with Crippen molar-refractivity contribution in [3.8, 4) is 0 Å². The Balaban J connectivity index is 1.74. The van der Waals surface area contributed by atoms with Crippen LogP contribution in [0.2, 0.25) is 0 Å². The first-order valence-corrected chi connectivity index (χ1v) is 7.73. The van der Waals surface area contributed by atoms with E-state index in [1.54, 1.807) is 6.20 Å². The van der Waals surface area contributed by atoms with Gasteiger partial charge in [0, 0.05) is 11.8 Å². The molecule has 0 unspecified atom stereocenters. The maximum Gasteiger partial charge on any atom is 0.232 e. The molecule has 4 heteroatoms. The molecule has 1 aromatic heterocycles. The maximum absolute atomic E-state index is 12.7. The second kappa shape index (κ2) is 5.15. The number of aryl methyl sites for hydroxylation is 2. The fourth-order valence-corrected chi connectivity index (χ4v) is 3.50. The number of amides is 1. The summed E-state index contributed by atoms with van der Waals surface area (Å²) in [5, 5.41) is 3.06. The number of anilines is 1. The minimum Gasteiger partial charge on any atom is -0.310 e. The lowest BCUT2D eigenvalue weighted by Crippen LogP contribution is -2.33. The summed E-state index contributed by atoms with van der Waals surface area (Å²) in [6.07, 6.45) is 10.2. The number of rotatable bonds is 3. The minimum atomic E-state index is -0.0916. The Hall–Kier alpha value is -1.45. The summed E-state index contributed by atoms with van der Waals surface area (Å²) in [6.45, 7) is 3.79. The standard InChI is InChI=1S/C16H23N3O/c1-11-10-17-12(2)18-14(11)19-15(20)16(8-9-16)13-6-4-3-5-7-13/h10,13H,3-9H2,1-2H3,(H,17,18,19,20). The van der Waals surface area contributed by atoms with Gasteiger partial charge in [-0.15, -0.1) is 0 Å². The predicted molar refractivity (Wildman–Crippen MR) is 78.4 cm³/mol. The van der Waals surface area contributed by atoms with Crippen LogP contribution >= 0.6 is 0 Å². The summed E-state index contributed by atoms with van der Waals surface area (Å²) < 4.78 is 0. The van der Waals surface area contributed by atoms with Crippen molar-refractivity contribution in [2.75, 3.05) is 5.32 Å². The van der Waals surface area contributed by atoms with Crippen LogP contribution in [0, 0.1) is 25.2 Å². The van der Waals surface area contributed by atoms with Crippen LogP contribution in [0.3, 0.4) is 0 Å². The molecule has 0 aromatic carbocycles. The van der Waals surface area contributed by atoms with Crippen molar-refractivity contribution in [1.29, 1.82) is 0 Å². The lowest BCUT2D eigenvalue weighted by atomic mass is 9.77. The smallest absolute Gasteiger partial charge is 0.232 e. The van der Waals surface area contributed by atoms with Gasteiger partial charge in [0.05, 0.1) is 5.41 Å². The van der Waals surface area contributed by atoms with Gasteiger partial charge in [0.15, 0.2) is 0 Å². The van der Waals surface area contributed by atoms with E-state index in [0.717, 1.165) is 18.4 Å². The topological polar surface area (TPSA) is 54.9 Å². The Kier molecular flexibility index (Phi) is 3.48. The number of aromatic nitrogens is 2. The first-order chi connectivity index (χ1) is 9.62. The largest absolute Gasteiger partial charge is 0.310 e. The minimum absolute atomic E-state index is 0.0916. The van der Waals surface area contributed by atoms with Gasteiger partial charge in [-0.2, -0.15) is 0 Å². The van der Waals surface area contributed by atoms with Crippen molar-refractivity contribution in [2.24, 2.45) is 11.3 Å². The zero-order valence-corrected chi connectivity index (χ0v) is 12.4.